The molecule has 0 radical (unpaired) electrons. The smallest absolute Gasteiger partial charge is 0.347 e. The van der Waals surface area contributed by atoms with Crippen molar-refractivity contribution in [1.29, 1.82) is 0 Å². The molecule has 0 bridgehead atoms. The Morgan fingerprint density at radius 3 is 2.65 bits per heavy atom. The van der Waals surface area contributed by atoms with E-state index in [-0.39, 0.29) is 12.0 Å². The Morgan fingerprint density at radius 1 is 1.45 bits per heavy atom. The number of aromatic nitrogens is 1. The van der Waals surface area contributed by atoms with Crippen LogP contribution in [0.25, 0.3) is 0 Å². The first-order chi connectivity index (χ1) is 9.40. The van der Waals surface area contributed by atoms with Crippen molar-refractivity contribution >= 4 is 17.3 Å². The lowest BCUT2D eigenvalue weighted by atomic mass is 10.1. The number of thiazole rings is 1. The summed E-state index contributed by atoms with van der Waals surface area (Å²) in [5.74, 6) is -0.787. The predicted molar refractivity (Wildman–Crippen MR) is 78.6 cm³/mol. The molecule has 6 heteroatoms. The normalized spacial score (nSPS) is 20.8. The van der Waals surface area contributed by atoms with Crippen LogP contribution in [0.15, 0.2) is 0 Å². The van der Waals surface area contributed by atoms with Crippen molar-refractivity contribution in [2.45, 2.75) is 45.8 Å². The highest BCUT2D eigenvalue weighted by atomic mass is 32.1. The number of aromatic carboxylic acids is 1. The molecule has 0 spiro atoms. The molecule has 0 aromatic carbocycles. The monoisotopic (exact) mass is 298 g/mol. The summed E-state index contributed by atoms with van der Waals surface area (Å²) >= 11 is 1.25. The van der Waals surface area contributed by atoms with E-state index in [1.54, 1.807) is 0 Å². The van der Waals surface area contributed by atoms with Gasteiger partial charge in [0.15, 0.2) is 0 Å². The predicted octanol–water partition coefficient (Wildman–Crippen LogP) is 2.75. The lowest BCUT2D eigenvalue weighted by Gasteiger charge is -2.34. The molecule has 1 atom stereocenters. The molecule has 112 valence electrons. The molecular formula is C14H22N2O3S. The minimum absolute atomic E-state index is 0.107. The number of hydrogen-bond donors (Lipinski definition) is 1. The van der Waals surface area contributed by atoms with Crippen LogP contribution >= 0.6 is 11.3 Å². The van der Waals surface area contributed by atoms with E-state index >= 15 is 0 Å². The van der Waals surface area contributed by atoms with Gasteiger partial charge < -0.3 is 9.84 Å². The van der Waals surface area contributed by atoms with E-state index in [1.807, 2.05) is 13.8 Å². The molecule has 0 aliphatic carbocycles. The number of nitrogens with zero attached hydrogens (tertiary/aromatic N) is 2. The number of carboxylic acid groups (broad SMARTS) is 1. The van der Waals surface area contributed by atoms with Crippen molar-refractivity contribution in [2.75, 3.05) is 19.7 Å². The maximum atomic E-state index is 11.3. The zero-order valence-electron chi connectivity index (χ0n) is 12.4. The van der Waals surface area contributed by atoms with Crippen molar-refractivity contribution in [3.05, 3.63) is 15.6 Å². The fourth-order valence-corrected chi connectivity index (χ4v) is 3.42. The first-order valence-electron chi connectivity index (χ1n) is 6.99. The fourth-order valence-electron chi connectivity index (χ4n) is 2.32. The molecule has 5 nitrogen and oxygen atoms in total. The molecule has 2 rings (SSSR count). The average Bonchev–Trinajstić information content (AvgIpc) is 2.84. The molecule has 20 heavy (non-hydrogen) atoms. The summed E-state index contributed by atoms with van der Waals surface area (Å²) in [6, 6.07) is 0.463. The van der Waals surface area contributed by atoms with Gasteiger partial charge in [-0.2, -0.15) is 0 Å². The summed E-state index contributed by atoms with van der Waals surface area (Å²) < 4.78 is 5.79. The van der Waals surface area contributed by atoms with E-state index in [0.717, 1.165) is 18.1 Å². The second kappa shape index (κ2) is 6.20. The highest BCUT2D eigenvalue weighted by molar-refractivity contribution is 7.13. The van der Waals surface area contributed by atoms with Gasteiger partial charge in [-0.3, -0.25) is 4.90 Å². The van der Waals surface area contributed by atoms with Gasteiger partial charge >= 0.3 is 5.97 Å². The lowest BCUT2D eigenvalue weighted by Crippen LogP contribution is -2.42. The Labute approximate surface area is 123 Å². The van der Waals surface area contributed by atoms with Gasteiger partial charge in [-0.15, -0.1) is 11.3 Å². The summed E-state index contributed by atoms with van der Waals surface area (Å²) in [6.07, 6.45) is -0.109. The van der Waals surface area contributed by atoms with E-state index in [9.17, 15) is 9.90 Å². The lowest BCUT2D eigenvalue weighted by molar-refractivity contribution is -0.0403. The van der Waals surface area contributed by atoms with Crippen LogP contribution in [0.5, 0.6) is 0 Å². The van der Waals surface area contributed by atoms with Crippen molar-refractivity contribution in [1.82, 2.24) is 9.88 Å². The van der Waals surface area contributed by atoms with Gasteiger partial charge in [-0.25, -0.2) is 9.78 Å². The zero-order valence-corrected chi connectivity index (χ0v) is 13.2. The molecule has 1 aromatic rings. The Bertz CT molecular complexity index is 485. The Hall–Kier alpha value is -0.980. The van der Waals surface area contributed by atoms with Crippen molar-refractivity contribution in [2.24, 2.45) is 0 Å². The molecule has 1 saturated heterocycles. The number of carboxylic acids is 1. The van der Waals surface area contributed by atoms with Crippen LogP contribution in [0, 0.1) is 0 Å². The second-order valence-electron chi connectivity index (χ2n) is 5.67. The molecule has 0 amide bonds. The van der Waals surface area contributed by atoms with E-state index in [4.69, 9.17) is 4.74 Å². The number of carbonyl (C=O) groups is 1. The summed E-state index contributed by atoms with van der Waals surface area (Å²) in [7, 11) is 0. The Kier molecular flexibility index (Phi) is 4.78. The molecule has 1 fully saturated rings. The van der Waals surface area contributed by atoms with Gasteiger partial charge in [0.05, 0.1) is 12.3 Å². The maximum absolute atomic E-state index is 11.3. The SMILES string of the molecule is CC(C)c1nc(C2CN(C(C)C)CCO2)sc1C(=O)O. The third-order valence-electron chi connectivity index (χ3n) is 3.51. The molecular weight excluding hydrogens is 276 g/mol. The third kappa shape index (κ3) is 3.19. The van der Waals surface area contributed by atoms with Crippen LogP contribution in [0.1, 0.15) is 60.1 Å². The highest BCUT2D eigenvalue weighted by Crippen LogP contribution is 2.32. The molecule has 1 aliphatic heterocycles. The quantitative estimate of drug-likeness (QED) is 0.926. The first kappa shape index (κ1) is 15.4. The van der Waals surface area contributed by atoms with Gasteiger partial charge in [0, 0.05) is 19.1 Å². The van der Waals surface area contributed by atoms with Gasteiger partial charge in [0.25, 0.3) is 0 Å². The van der Waals surface area contributed by atoms with Crippen LogP contribution in [-0.4, -0.2) is 46.7 Å². The van der Waals surface area contributed by atoms with Gasteiger partial charge in [0.1, 0.15) is 16.0 Å². The second-order valence-corrected chi connectivity index (χ2v) is 6.71. The van der Waals surface area contributed by atoms with Crippen LogP contribution < -0.4 is 0 Å². The number of ether oxygens (including phenoxy) is 1. The maximum Gasteiger partial charge on any atom is 0.347 e. The first-order valence-corrected chi connectivity index (χ1v) is 7.81. The van der Waals surface area contributed by atoms with Crippen molar-refractivity contribution < 1.29 is 14.6 Å². The van der Waals surface area contributed by atoms with Gasteiger partial charge in [0.2, 0.25) is 0 Å². The summed E-state index contributed by atoms with van der Waals surface area (Å²) in [4.78, 5) is 18.5. The summed E-state index contributed by atoms with van der Waals surface area (Å²) in [5.41, 5.74) is 0.669. The molecule has 2 heterocycles. The summed E-state index contributed by atoms with van der Waals surface area (Å²) in [5, 5.41) is 10.1. The molecule has 1 N–H and O–H groups in total. The Morgan fingerprint density at radius 2 is 2.15 bits per heavy atom. The van der Waals surface area contributed by atoms with E-state index in [0.29, 0.717) is 23.2 Å². The molecule has 1 aromatic heterocycles. The van der Waals surface area contributed by atoms with Gasteiger partial charge in [-0.1, -0.05) is 13.8 Å². The Balaban J connectivity index is 2.24. The van der Waals surface area contributed by atoms with Crippen LogP contribution in [0.4, 0.5) is 0 Å². The molecule has 1 unspecified atom stereocenters. The fraction of sp³-hybridized carbons (Fsp3) is 0.714. The third-order valence-corrected chi connectivity index (χ3v) is 4.67. The van der Waals surface area contributed by atoms with Crippen molar-refractivity contribution in [3.8, 4) is 0 Å². The molecule has 1 aliphatic rings. The largest absolute Gasteiger partial charge is 0.477 e. The number of hydrogen-bond acceptors (Lipinski definition) is 5. The minimum atomic E-state index is -0.894. The number of morpholine rings is 1. The van der Waals surface area contributed by atoms with Crippen LogP contribution in [0.2, 0.25) is 0 Å². The van der Waals surface area contributed by atoms with E-state index < -0.39 is 5.97 Å². The minimum Gasteiger partial charge on any atom is -0.477 e. The van der Waals surface area contributed by atoms with Crippen LogP contribution in [0.3, 0.4) is 0 Å². The van der Waals surface area contributed by atoms with Crippen molar-refractivity contribution in [3.63, 3.8) is 0 Å². The van der Waals surface area contributed by atoms with E-state index in [2.05, 4.69) is 23.7 Å². The molecule has 0 saturated carbocycles. The van der Waals surface area contributed by atoms with E-state index in [1.165, 1.54) is 11.3 Å². The highest BCUT2D eigenvalue weighted by Gasteiger charge is 2.29. The number of rotatable bonds is 4. The van der Waals surface area contributed by atoms with Crippen LogP contribution in [-0.2, 0) is 4.74 Å². The van der Waals surface area contributed by atoms with Gasteiger partial charge in [-0.05, 0) is 19.8 Å². The topological polar surface area (TPSA) is 62.7 Å². The zero-order chi connectivity index (χ0) is 14.9. The summed E-state index contributed by atoms with van der Waals surface area (Å²) in [6.45, 7) is 10.6. The standard InChI is InChI=1S/C14H22N2O3S/c1-8(2)11-12(14(17)18)20-13(15-11)10-7-16(9(3)4)5-6-19-10/h8-10H,5-7H2,1-4H3,(H,17,18). The average molecular weight is 298 g/mol.